The molecule has 78 heavy (non-hydrogen) atoms. The van der Waals surface area contributed by atoms with Crippen LogP contribution in [0, 0.1) is 0 Å². The normalized spacial score (nSPS) is 11.9. The number of rotatable bonds is 10. The summed E-state index contributed by atoms with van der Waals surface area (Å²) in [6.45, 7) is 20.3. The molecule has 3 heterocycles. The molecule has 0 atom stereocenters. The summed E-state index contributed by atoms with van der Waals surface area (Å²) in [6, 6.07) is 81.9. The van der Waals surface area contributed by atoms with Crippen molar-refractivity contribution < 1.29 is 0 Å². The minimum Gasteiger partial charge on any atom is -0.256 e. The lowest BCUT2D eigenvalue weighted by Gasteiger charge is -2.20. The molecule has 8 aromatic carbocycles. The summed E-state index contributed by atoms with van der Waals surface area (Å²) in [7, 11) is 0. The topological polar surface area (TPSA) is 38.7 Å². The highest BCUT2D eigenvalue weighted by molar-refractivity contribution is 5.97. The second-order valence-corrected chi connectivity index (χ2v) is 23.8. The first kappa shape index (κ1) is 51.3. The monoisotopic (exact) mass is 1010 g/mol. The number of nitrogens with zero attached hydrogens (tertiary/aromatic N) is 3. The van der Waals surface area contributed by atoms with E-state index >= 15 is 0 Å². The van der Waals surface area contributed by atoms with Crippen molar-refractivity contribution in [2.45, 2.75) is 78.6 Å². The molecule has 11 rings (SSSR count). The number of hydrogen-bond acceptors (Lipinski definition) is 3. The van der Waals surface area contributed by atoms with Gasteiger partial charge in [-0.15, -0.1) is 0 Å². The molecular weight excluding hydrogens is 943 g/mol. The van der Waals surface area contributed by atoms with Crippen LogP contribution in [0.15, 0.2) is 243 Å². The van der Waals surface area contributed by atoms with Gasteiger partial charge in [-0.3, -0.25) is 15.0 Å². The summed E-state index contributed by atoms with van der Waals surface area (Å²) < 4.78 is 0. The molecule has 0 radical (unpaired) electrons. The average molecular weight is 1010 g/mol. The van der Waals surface area contributed by atoms with Gasteiger partial charge in [0.25, 0.3) is 0 Å². The Morgan fingerprint density at radius 2 is 0.590 bits per heavy atom. The zero-order valence-corrected chi connectivity index (χ0v) is 46.4. The molecule has 0 spiro atoms. The predicted molar refractivity (Wildman–Crippen MR) is 330 cm³/mol. The third kappa shape index (κ3) is 10.8. The Morgan fingerprint density at radius 3 is 1.04 bits per heavy atom. The maximum atomic E-state index is 5.11. The van der Waals surface area contributed by atoms with Crippen LogP contribution < -0.4 is 0 Å². The lowest BCUT2D eigenvalue weighted by atomic mass is 9.84. The van der Waals surface area contributed by atoms with Crippen molar-refractivity contribution in [2.24, 2.45) is 0 Å². The highest BCUT2D eigenvalue weighted by atomic mass is 14.7. The van der Waals surface area contributed by atoms with E-state index in [1.807, 2.05) is 18.6 Å². The van der Waals surface area contributed by atoms with Gasteiger partial charge < -0.3 is 0 Å². The van der Waals surface area contributed by atoms with Crippen molar-refractivity contribution in [3.05, 3.63) is 260 Å². The molecule has 3 heteroatoms. The van der Waals surface area contributed by atoms with Gasteiger partial charge in [0.05, 0.1) is 17.1 Å². The molecule has 0 bridgehead atoms. The Kier molecular flexibility index (Phi) is 13.8. The average Bonchev–Trinajstić information content (AvgIpc) is 3.48. The molecule has 0 aliphatic rings. The summed E-state index contributed by atoms with van der Waals surface area (Å²) in [5.74, 6) is 0. The van der Waals surface area contributed by atoms with E-state index in [0.29, 0.717) is 0 Å². The van der Waals surface area contributed by atoms with Crippen LogP contribution >= 0.6 is 0 Å². The summed E-state index contributed by atoms with van der Waals surface area (Å²) >= 11 is 0. The number of benzene rings is 8. The maximum Gasteiger partial charge on any atom is 0.0705 e. The van der Waals surface area contributed by atoms with Gasteiger partial charge in [-0.05, 0) is 160 Å². The van der Waals surface area contributed by atoms with Crippen LogP contribution in [0.4, 0.5) is 0 Å². The molecule has 0 N–H and O–H groups in total. The smallest absolute Gasteiger partial charge is 0.0705 e. The van der Waals surface area contributed by atoms with Crippen LogP contribution in [0.5, 0.6) is 0 Å². The van der Waals surface area contributed by atoms with Gasteiger partial charge in [0.1, 0.15) is 0 Å². The van der Waals surface area contributed by atoms with Crippen molar-refractivity contribution in [1.29, 1.82) is 0 Å². The van der Waals surface area contributed by atoms with E-state index in [2.05, 4.69) is 287 Å². The van der Waals surface area contributed by atoms with Crippen LogP contribution in [0.25, 0.3) is 112 Å². The van der Waals surface area contributed by atoms with Gasteiger partial charge in [0.2, 0.25) is 0 Å². The molecular formula is C75H67N3. The van der Waals surface area contributed by atoms with Gasteiger partial charge in [-0.2, -0.15) is 0 Å². The summed E-state index contributed by atoms with van der Waals surface area (Å²) in [5, 5.41) is 0. The summed E-state index contributed by atoms with van der Waals surface area (Å²) in [6.07, 6.45) is 6.01. The third-order valence-electron chi connectivity index (χ3n) is 15.2. The van der Waals surface area contributed by atoms with Crippen LogP contribution in [-0.4, -0.2) is 15.0 Å². The second kappa shape index (κ2) is 21.0. The molecule has 3 nitrogen and oxygen atoms in total. The van der Waals surface area contributed by atoms with Crippen LogP contribution in [0.3, 0.4) is 0 Å². The van der Waals surface area contributed by atoms with Crippen LogP contribution in [0.2, 0.25) is 0 Å². The second-order valence-electron chi connectivity index (χ2n) is 23.8. The zero-order chi connectivity index (χ0) is 54.2. The number of aromatic nitrogens is 3. The first-order chi connectivity index (χ1) is 37.5. The highest BCUT2D eigenvalue weighted by Crippen LogP contribution is 2.45. The van der Waals surface area contributed by atoms with Gasteiger partial charge in [0.15, 0.2) is 0 Å². The van der Waals surface area contributed by atoms with E-state index in [4.69, 9.17) is 15.0 Å². The standard InChI is InChI=1S/C75H67N3/c1-73(2,3)59-25-19-23-51(44-59)70-37-34-54(48-77-70)62-27-13-15-29-64(62)56-41-57(65-30-16-14-28-63(65)55-35-38-71(78-49-55)52-24-20-26-60(45-52)74(4,5)6)43-58(42-56)66-31-17-18-32-67(66)68-36-33-53(46-69(68)50-21-11-10-12-22-50)72-47-61(39-40-76-72)75(7,8)9/h10-49H,1-9H3. The first-order valence-corrected chi connectivity index (χ1v) is 27.3. The van der Waals surface area contributed by atoms with Gasteiger partial charge in [-0.1, -0.05) is 226 Å². The Labute approximate surface area is 462 Å². The maximum absolute atomic E-state index is 5.11. The Morgan fingerprint density at radius 1 is 0.218 bits per heavy atom. The lowest BCUT2D eigenvalue weighted by Crippen LogP contribution is -2.11. The van der Waals surface area contributed by atoms with Gasteiger partial charge in [-0.25, -0.2) is 0 Å². The minimum absolute atomic E-state index is 0.00543. The molecule has 3 aromatic heterocycles. The van der Waals surface area contributed by atoms with E-state index in [0.717, 1.165) is 112 Å². The largest absolute Gasteiger partial charge is 0.256 e. The van der Waals surface area contributed by atoms with Crippen molar-refractivity contribution >= 4 is 0 Å². The fourth-order valence-corrected chi connectivity index (χ4v) is 10.6. The quantitative estimate of drug-likeness (QED) is 0.137. The Bertz CT molecular complexity index is 3780. The fourth-order valence-electron chi connectivity index (χ4n) is 10.6. The van der Waals surface area contributed by atoms with Crippen molar-refractivity contribution in [3.8, 4) is 112 Å². The Balaban J connectivity index is 1.07. The zero-order valence-electron chi connectivity index (χ0n) is 46.4. The molecule has 0 aliphatic carbocycles. The summed E-state index contributed by atoms with van der Waals surface area (Å²) in [4.78, 5) is 15.1. The van der Waals surface area contributed by atoms with Crippen LogP contribution in [0.1, 0.15) is 79.0 Å². The number of hydrogen-bond donors (Lipinski definition) is 0. The van der Waals surface area contributed by atoms with E-state index in [1.165, 1.54) is 16.7 Å². The van der Waals surface area contributed by atoms with Gasteiger partial charge >= 0.3 is 0 Å². The highest BCUT2D eigenvalue weighted by Gasteiger charge is 2.21. The van der Waals surface area contributed by atoms with Gasteiger partial charge in [0, 0.05) is 46.4 Å². The molecule has 0 saturated carbocycles. The van der Waals surface area contributed by atoms with Crippen molar-refractivity contribution in [2.75, 3.05) is 0 Å². The molecule has 0 unspecified atom stereocenters. The number of pyridine rings is 3. The first-order valence-electron chi connectivity index (χ1n) is 27.3. The SMILES string of the molecule is CC(C)(C)c1cccc(-c2ccc(-c3ccccc3-c3cc(-c4ccccc4-c4ccc(-c5cccc(C(C)(C)C)c5)nc4)cc(-c4ccccc4-c4ccc(-c5cc(C(C)(C)C)ccn5)cc4-c4ccccc4)c3)cn2)c1. The Hall–Kier alpha value is -8.79. The fraction of sp³-hybridized carbons (Fsp3) is 0.160. The minimum atomic E-state index is -0.00543. The predicted octanol–water partition coefficient (Wildman–Crippen LogP) is 20.4. The van der Waals surface area contributed by atoms with E-state index in [-0.39, 0.29) is 16.2 Å². The lowest BCUT2D eigenvalue weighted by molar-refractivity contribution is 0.589. The molecule has 0 amide bonds. The van der Waals surface area contributed by atoms with E-state index in [1.54, 1.807) is 0 Å². The third-order valence-corrected chi connectivity index (χ3v) is 15.2. The molecule has 0 aliphatic heterocycles. The molecule has 11 aromatic rings. The molecule has 0 saturated heterocycles. The van der Waals surface area contributed by atoms with Crippen molar-refractivity contribution in [3.63, 3.8) is 0 Å². The molecule has 0 fully saturated rings. The van der Waals surface area contributed by atoms with Crippen molar-refractivity contribution in [1.82, 2.24) is 15.0 Å². The summed E-state index contributed by atoms with van der Waals surface area (Å²) in [5.41, 5.74) is 25.8. The van der Waals surface area contributed by atoms with E-state index < -0.39 is 0 Å². The van der Waals surface area contributed by atoms with Crippen LogP contribution in [-0.2, 0) is 16.2 Å². The van der Waals surface area contributed by atoms with E-state index in [9.17, 15) is 0 Å². The molecule has 382 valence electrons.